The van der Waals surface area contributed by atoms with Crippen LogP contribution in [0, 0.1) is 18.6 Å². The molecule has 0 saturated heterocycles. The van der Waals surface area contributed by atoms with E-state index in [4.69, 9.17) is 9.47 Å². The smallest absolute Gasteiger partial charge is 0.167 e. The number of halogens is 3. The Morgan fingerprint density at radius 1 is 0.848 bits per heavy atom. The highest BCUT2D eigenvalue weighted by atomic mass is 19.2. The standard InChI is InChI=1S/C28H25F3O2/c1-5-32-20(4)16-26(29)19(3)17-33-23-12-10-22(11-13-23)25-15-14-24(27(30)28(25)31)21-8-6-18(2)7-9-21/h6-16H,3-5,17H2,1-2H3/b26-16+. The molecule has 0 aliphatic carbocycles. The minimum Gasteiger partial charge on any atom is -0.494 e. The highest BCUT2D eigenvalue weighted by Gasteiger charge is 2.16. The third kappa shape index (κ3) is 5.95. The van der Waals surface area contributed by atoms with Crippen LogP contribution in [-0.2, 0) is 4.74 Å². The van der Waals surface area contributed by atoms with Gasteiger partial charge in [0.25, 0.3) is 0 Å². The van der Waals surface area contributed by atoms with Crippen molar-refractivity contribution in [3.8, 4) is 28.0 Å². The summed E-state index contributed by atoms with van der Waals surface area (Å²) in [6, 6.07) is 16.8. The molecule has 0 fully saturated rings. The molecule has 0 aromatic heterocycles. The molecule has 0 N–H and O–H groups in total. The summed E-state index contributed by atoms with van der Waals surface area (Å²) in [5, 5.41) is 0. The third-order valence-corrected chi connectivity index (χ3v) is 4.98. The summed E-state index contributed by atoms with van der Waals surface area (Å²) in [4.78, 5) is 0. The molecule has 0 unspecified atom stereocenters. The number of allylic oxidation sites excluding steroid dienone is 1. The summed E-state index contributed by atoms with van der Waals surface area (Å²) < 4.78 is 54.3. The average Bonchev–Trinajstić information content (AvgIpc) is 2.80. The number of hydrogen-bond donors (Lipinski definition) is 0. The summed E-state index contributed by atoms with van der Waals surface area (Å²) in [5.74, 6) is -1.77. The minimum absolute atomic E-state index is 0.0880. The molecule has 0 aliphatic rings. The van der Waals surface area contributed by atoms with Crippen LogP contribution >= 0.6 is 0 Å². The van der Waals surface area contributed by atoms with Gasteiger partial charge in [-0.05, 0) is 37.1 Å². The molecule has 3 aromatic rings. The van der Waals surface area contributed by atoms with Crippen LogP contribution in [0.5, 0.6) is 5.75 Å². The Labute approximate surface area is 192 Å². The van der Waals surface area contributed by atoms with E-state index in [1.807, 2.05) is 19.1 Å². The fraction of sp³-hybridized carbons (Fsp3) is 0.143. The van der Waals surface area contributed by atoms with Crippen molar-refractivity contribution in [1.29, 1.82) is 0 Å². The number of rotatable bonds is 9. The van der Waals surface area contributed by atoms with Crippen molar-refractivity contribution in [2.75, 3.05) is 13.2 Å². The van der Waals surface area contributed by atoms with Gasteiger partial charge in [0, 0.05) is 22.8 Å². The van der Waals surface area contributed by atoms with Crippen LogP contribution in [0.25, 0.3) is 22.3 Å². The van der Waals surface area contributed by atoms with Crippen molar-refractivity contribution in [3.05, 3.63) is 114 Å². The largest absolute Gasteiger partial charge is 0.494 e. The van der Waals surface area contributed by atoms with Crippen LogP contribution < -0.4 is 4.74 Å². The average molecular weight is 451 g/mol. The van der Waals surface area contributed by atoms with Gasteiger partial charge >= 0.3 is 0 Å². The molecule has 0 spiro atoms. The molecule has 5 heteroatoms. The van der Waals surface area contributed by atoms with Crippen LogP contribution in [-0.4, -0.2) is 13.2 Å². The van der Waals surface area contributed by atoms with E-state index < -0.39 is 17.5 Å². The number of aryl methyl sites for hydroxylation is 1. The molecular weight excluding hydrogens is 425 g/mol. The van der Waals surface area contributed by atoms with E-state index in [1.54, 1.807) is 55.5 Å². The summed E-state index contributed by atoms with van der Waals surface area (Å²) in [6.45, 7) is 11.2. The Bertz CT molecular complexity index is 1180. The first kappa shape index (κ1) is 23.9. The van der Waals surface area contributed by atoms with Crippen molar-refractivity contribution >= 4 is 0 Å². The van der Waals surface area contributed by atoms with Gasteiger partial charge in [-0.15, -0.1) is 0 Å². The van der Waals surface area contributed by atoms with Crippen LogP contribution in [0.2, 0.25) is 0 Å². The van der Waals surface area contributed by atoms with Gasteiger partial charge in [-0.3, -0.25) is 0 Å². The van der Waals surface area contributed by atoms with Gasteiger partial charge < -0.3 is 9.47 Å². The Balaban J connectivity index is 1.71. The molecule has 2 nitrogen and oxygen atoms in total. The first-order valence-electron chi connectivity index (χ1n) is 10.5. The summed E-state index contributed by atoms with van der Waals surface area (Å²) >= 11 is 0. The molecule has 0 saturated carbocycles. The van der Waals surface area contributed by atoms with Crippen LogP contribution in [0.15, 0.2) is 97.1 Å². The summed E-state index contributed by atoms with van der Waals surface area (Å²) in [6.07, 6.45) is 1.15. The molecule has 3 aromatic carbocycles. The van der Waals surface area contributed by atoms with E-state index in [-0.39, 0.29) is 29.1 Å². The SMILES string of the molecule is C=C(/C=C(/F)C(=C)COc1ccc(-c2ccc(-c3ccc(C)cc3)c(F)c2F)cc1)OCC. The van der Waals surface area contributed by atoms with E-state index in [0.717, 1.165) is 11.6 Å². The first-order chi connectivity index (χ1) is 15.8. The van der Waals surface area contributed by atoms with Crippen LogP contribution in [0.4, 0.5) is 13.2 Å². The summed E-state index contributed by atoms with van der Waals surface area (Å²) in [5.41, 5.74) is 2.61. The van der Waals surface area contributed by atoms with Gasteiger partial charge in [-0.2, -0.15) is 0 Å². The summed E-state index contributed by atoms with van der Waals surface area (Å²) in [7, 11) is 0. The number of hydrogen-bond acceptors (Lipinski definition) is 2. The van der Waals surface area contributed by atoms with Crippen molar-refractivity contribution < 1.29 is 22.6 Å². The molecular formula is C28H25F3O2. The van der Waals surface area contributed by atoms with E-state index >= 15 is 0 Å². The van der Waals surface area contributed by atoms with Gasteiger partial charge in [0.05, 0.1) is 6.61 Å². The number of benzene rings is 3. The second-order valence-electron chi connectivity index (χ2n) is 7.46. The Morgan fingerprint density at radius 3 is 1.88 bits per heavy atom. The maximum absolute atomic E-state index is 14.8. The molecule has 170 valence electrons. The minimum atomic E-state index is -0.920. The highest BCUT2D eigenvalue weighted by molar-refractivity contribution is 5.72. The zero-order valence-corrected chi connectivity index (χ0v) is 18.6. The normalized spacial score (nSPS) is 11.2. The van der Waals surface area contributed by atoms with Gasteiger partial charge in [0.15, 0.2) is 11.6 Å². The van der Waals surface area contributed by atoms with E-state index in [0.29, 0.717) is 23.5 Å². The lowest BCUT2D eigenvalue weighted by atomic mass is 9.98. The van der Waals surface area contributed by atoms with Crippen molar-refractivity contribution in [2.45, 2.75) is 13.8 Å². The van der Waals surface area contributed by atoms with Gasteiger partial charge in [-0.25, -0.2) is 13.2 Å². The lowest BCUT2D eigenvalue weighted by Gasteiger charge is -2.11. The van der Waals surface area contributed by atoms with E-state index in [9.17, 15) is 13.2 Å². The topological polar surface area (TPSA) is 18.5 Å². The predicted molar refractivity (Wildman–Crippen MR) is 127 cm³/mol. The maximum Gasteiger partial charge on any atom is 0.167 e. The molecule has 0 bridgehead atoms. The highest BCUT2D eigenvalue weighted by Crippen LogP contribution is 2.32. The molecule has 0 heterocycles. The first-order valence-corrected chi connectivity index (χ1v) is 10.5. The fourth-order valence-electron chi connectivity index (χ4n) is 3.17. The van der Waals surface area contributed by atoms with Crippen LogP contribution in [0.1, 0.15) is 12.5 Å². The van der Waals surface area contributed by atoms with Crippen molar-refractivity contribution in [2.24, 2.45) is 0 Å². The van der Waals surface area contributed by atoms with E-state index in [2.05, 4.69) is 13.2 Å². The molecule has 3 rings (SSSR count). The van der Waals surface area contributed by atoms with Gasteiger partial charge in [0.2, 0.25) is 0 Å². The Hall–Kier alpha value is -3.73. The Kier molecular flexibility index (Phi) is 7.78. The van der Waals surface area contributed by atoms with Gasteiger partial charge in [0.1, 0.15) is 23.9 Å². The second-order valence-corrected chi connectivity index (χ2v) is 7.46. The lowest BCUT2D eigenvalue weighted by Crippen LogP contribution is -2.01. The maximum atomic E-state index is 14.8. The fourth-order valence-corrected chi connectivity index (χ4v) is 3.17. The molecule has 0 atom stereocenters. The van der Waals surface area contributed by atoms with Crippen molar-refractivity contribution in [3.63, 3.8) is 0 Å². The second kappa shape index (κ2) is 10.7. The van der Waals surface area contributed by atoms with Gasteiger partial charge in [-0.1, -0.05) is 67.3 Å². The predicted octanol–water partition coefficient (Wildman–Crippen LogP) is 7.95. The van der Waals surface area contributed by atoms with Crippen LogP contribution in [0.3, 0.4) is 0 Å². The molecule has 0 radical (unpaired) electrons. The molecule has 33 heavy (non-hydrogen) atoms. The van der Waals surface area contributed by atoms with E-state index in [1.165, 1.54) is 0 Å². The Morgan fingerprint density at radius 2 is 1.36 bits per heavy atom. The van der Waals surface area contributed by atoms with Crippen molar-refractivity contribution in [1.82, 2.24) is 0 Å². The molecule has 0 amide bonds. The number of ether oxygens (including phenoxy) is 2. The molecule has 0 aliphatic heterocycles. The lowest BCUT2D eigenvalue weighted by molar-refractivity contribution is 0.243. The monoisotopic (exact) mass is 450 g/mol. The quantitative estimate of drug-likeness (QED) is 0.243. The third-order valence-electron chi connectivity index (χ3n) is 4.98. The zero-order chi connectivity index (χ0) is 24.0. The zero-order valence-electron chi connectivity index (χ0n) is 18.6.